The molecule has 0 aliphatic carbocycles. The summed E-state index contributed by atoms with van der Waals surface area (Å²) in [5.74, 6) is 2.11. The number of hydrogen-bond donors (Lipinski definition) is 1. The first kappa shape index (κ1) is 14.9. The van der Waals surface area contributed by atoms with Gasteiger partial charge in [-0.2, -0.15) is 0 Å². The number of benzene rings is 2. The monoisotopic (exact) mass is 363 g/mol. The van der Waals surface area contributed by atoms with Crippen molar-refractivity contribution in [1.29, 1.82) is 0 Å². The fraction of sp³-hybridized carbons (Fsp3) is 0.294. The van der Waals surface area contributed by atoms with Gasteiger partial charge in [0, 0.05) is 27.5 Å². The molecule has 0 saturated heterocycles. The van der Waals surface area contributed by atoms with Crippen molar-refractivity contribution in [2.24, 2.45) is 0 Å². The third-order valence-corrected chi connectivity index (χ3v) is 5.36. The van der Waals surface area contributed by atoms with Crippen LogP contribution in [0.4, 0.5) is 0 Å². The molecule has 21 heavy (non-hydrogen) atoms. The Balaban J connectivity index is 1.76. The van der Waals surface area contributed by atoms with Crippen molar-refractivity contribution in [3.63, 3.8) is 0 Å². The van der Waals surface area contributed by atoms with Gasteiger partial charge in [-0.15, -0.1) is 11.8 Å². The molecule has 2 nitrogen and oxygen atoms in total. The quantitative estimate of drug-likeness (QED) is 0.843. The van der Waals surface area contributed by atoms with Gasteiger partial charge in [0.05, 0.1) is 7.11 Å². The van der Waals surface area contributed by atoms with E-state index in [9.17, 15) is 0 Å². The van der Waals surface area contributed by atoms with Gasteiger partial charge >= 0.3 is 0 Å². The summed E-state index contributed by atoms with van der Waals surface area (Å²) in [6, 6.07) is 15.2. The van der Waals surface area contributed by atoms with Gasteiger partial charge in [-0.25, -0.2) is 0 Å². The number of hydrogen-bond acceptors (Lipinski definition) is 3. The highest BCUT2D eigenvalue weighted by molar-refractivity contribution is 9.10. The normalized spacial score (nSPS) is 17.3. The lowest BCUT2D eigenvalue weighted by Crippen LogP contribution is -2.24. The van der Waals surface area contributed by atoms with Gasteiger partial charge in [-0.3, -0.25) is 0 Å². The van der Waals surface area contributed by atoms with Crippen molar-refractivity contribution in [2.45, 2.75) is 23.9 Å². The Hall–Kier alpha value is -0.970. The Labute approximate surface area is 138 Å². The summed E-state index contributed by atoms with van der Waals surface area (Å²) in [5.41, 5.74) is 2.60. The predicted octanol–water partition coefficient (Wildman–Crippen LogP) is 4.78. The van der Waals surface area contributed by atoms with Gasteiger partial charge in [0.25, 0.3) is 0 Å². The minimum absolute atomic E-state index is 0.422. The van der Waals surface area contributed by atoms with E-state index in [0.29, 0.717) is 6.04 Å². The van der Waals surface area contributed by atoms with E-state index in [1.807, 2.05) is 23.9 Å². The Kier molecular flexibility index (Phi) is 4.88. The first-order valence-corrected chi connectivity index (χ1v) is 8.83. The summed E-state index contributed by atoms with van der Waals surface area (Å²) in [4.78, 5) is 1.41. The van der Waals surface area contributed by atoms with Crippen LogP contribution in [-0.4, -0.2) is 12.9 Å². The van der Waals surface area contributed by atoms with E-state index < -0.39 is 0 Å². The molecule has 1 aliphatic heterocycles. The van der Waals surface area contributed by atoms with Gasteiger partial charge in [0.1, 0.15) is 5.75 Å². The zero-order valence-corrected chi connectivity index (χ0v) is 14.3. The molecular weight excluding hydrogens is 346 g/mol. The third-order valence-electron chi connectivity index (χ3n) is 3.74. The van der Waals surface area contributed by atoms with Crippen LogP contribution in [0.2, 0.25) is 0 Å². The lowest BCUT2D eigenvalue weighted by atomic mass is 10.0. The molecule has 2 aromatic rings. The van der Waals surface area contributed by atoms with Crippen LogP contribution in [0.25, 0.3) is 0 Å². The van der Waals surface area contributed by atoms with E-state index in [1.54, 1.807) is 7.11 Å². The molecule has 110 valence electrons. The lowest BCUT2D eigenvalue weighted by Gasteiger charge is -2.26. The van der Waals surface area contributed by atoms with Crippen molar-refractivity contribution in [3.8, 4) is 5.75 Å². The first-order valence-electron chi connectivity index (χ1n) is 7.05. The lowest BCUT2D eigenvalue weighted by molar-refractivity contribution is 0.404. The fourth-order valence-corrected chi connectivity index (χ4v) is 4.21. The summed E-state index contributed by atoms with van der Waals surface area (Å²) in [7, 11) is 1.72. The van der Waals surface area contributed by atoms with Gasteiger partial charge < -0.3 is 10.1 Å². The minimum Gasteiger partial charge on any atom is -0.496 e. The Bertz CT molecular complexity index is 632. The summed E-state index contributed by atoms with van der Waals surface area (Å²) < 4.78 is 6.53. The SMILES string of the molecule is COc1ccc(Br)cc1CNC1CCSc2ccccc21. The number of ether oxygens (including phenoxy) is 1. The average molecular weight is 364 g/mol. The second-order valence-electron chi connectivity index (χ2n) is 5.06. The molecule has 1 heterocycles. The number of nitrogens with one attached hydrogen (secondary N) is 1. The molecule has 1 atom stereocenters. The van der Waals surface area contributed by atoms with Crippen molar-refractivity contribution in [3.05, 3.63) is 58.1 Å². The average Bonchev–Trinajstić information content (AvgIpc) is 2.53. The largest absolute Gasteiger partial charge is 0.496 e. The van der Waals surface area contributed by atoms with Crippen molar-refractivity contribution in [2.75, 3.05) is 12.9 Å². The van der Waals surface area contributed by atoms with Crippen LogP contribution in [0.1, 0.15) is 23.6 Å². The van der Waals surface area contributed by atoms with Gasteiger partial charge in [0.2, 0.25) is 0 Å². The third kappa shape index (κ3) is 3.44. The molecule has 0 radical (unpaired) electrons. The molecule has 2 aromatic carbocycles. The molecule has 1 unspecified atom stereocenters. The second kappa shape index (κ2) is 6.86. The summed E-state index contributed by atoms with van der Waals surface area (Å²) in [6.45, 7) is 0.812. The zero-order valence-electron chi connectivity index (χ0n) is 11.9. The summed E-state index contributed by atoms with van der Waals surface area (Å²) >= 11 is 5.48. The number of thioether (sulfide) groups is 1. The van der Waals surface area contributed by atoms with E-state index in [0.717, 1.165) is 23.2 Å². The maximum Gasteiger partial charge on any atom is 0.123 e. The van der Waals surface area contributed by atoms with Gasteiger partial charge in [-0.1, -0.05) is 34.1 Å². The van der Waals surface area contributed by atoms with E-state index in [1.165, 1.54) is 21.8 Å². The van der Waals surface area contributed by atoms with Crippen LogP contribution in [0, 0.1) is 0 Å². The molecule has 1 N–H and O–H groups in total. The van der Waals surface area contributed by atoms with Crippen LogP contribution >= 0.6 is 27.7 Å². The molecule has 0 saturated carbocycles. The Morgan fingerprint density at radius 3 is 3.00 bits per heavy atom. The highest BCUT2D eigenvalue weighted by Gasteiger charge is 2.20. The van der Waals surface area contributed by atoms with E-state index >= 15 is 0 Å². The topological polar surface area (TPSA) is 21.3 Å². The number of halogens is 1. The van der Waals surface area contributed by atoms with Crippen LogP contribution in [0.5, 0.6) is 5.75 Å². The zero-order chi connectivity index (χ0) is 14.7. The number of fused-ring (bicyclic) bond motifs is 1. The van der Waals surface area contributed by atoms with Crippen molar-refractivity contribution < 1.29 is 4.74 Å². The summed E-state index contributed by atoms with van der Waals surface area (Å²) in [5, 5.41) is 3.68. The number of methoxy groups -OCH3 is 1. The minimum atomic E-state index is 0.422. The van der Waals surface area contributed by atoms with Crippen LogP contribution in [0.3, 0.4) is 0 Å². The first-order chi connectivity index (χ1) is 10.3. The molecular formula is C17H18BrNOS. The van der Waals surface area contributed by atoms with E-state index in [4.69, 9.17) is 4.74 Å². The second-order valence-corrected chi connectivity index (χ2v) is 7.12. The Morgan fingerprint density at radius 2 is 2.14 bits per heavy atom. The van der Waals surface area contributed by atoms with Crippen LogP contribution < -0.4 is 10.1 Å². The predicted molar refractivity (Wildman–Crippen MR) is 92.1 cm³/mol. The molecule has 0 bridgehead atoms. The Morgan fingerprint density at radius 1 is 1.29 bits per heavy atom. The molecule has 1 aliphatic rings. The van der Waals surface area contributed by atoms with Gasteiger partial charge in [-0.05, 0) is 42.0 Å². The molecule has 0 aromatic heterocycles. The molecule has 0 spiro atoms. The molecule has 0 fully saturated rings. The number of rotatable bonds is 4. The van der Waals surface area contributed by atoms with E-state index in [-0.39, 0.29) is 0 Å². The van der Waals surface area contributed by atoms with Crippen molar-refractivity contribution in [1.82, 2.24) is 5.32 Å². The standard InChI is InChI=1S/C17H18BrNOS/c1-20-16-7-6-13(18)10-12(16)11-19-15-8-9-21-17-5-3-2-4-14(15)17/h2-7,10,15,19H,8-9,11H2,1H3. The smallest absolute Gasteiger partial charge is 0.123 e. The molecule has 0 amide bonds. The maximum atomic E-state index is 5.44. The van der Waals surface area contributed by atoms with Crippen LogP contribution in [0.15, 0.2) is 51.8 Å². The highest BCUT2D eigenvalue weighted by atomic mass is 79.9. The van der Waals surface area contributed by atoms with Crippen molar-refractivity contribution >= 4 is 27.7 Å². The van der Waals surface area contributed by atoms with Crippen LogP contribution in [-0.2, 0) is 6.54 Å². The molecule has 4 heteroatoms. The summed E-state index contributed by atoms with van der Waals surface area (Å²) in [6.07, 6.45) is 1.16. The maximum absolute atomic E-state index is 5.44. The molecule has 3 rings (SSSR count). The highest BCUT2D eigenvalue weighted by Crippen LogP contribution is 2.36. The van der Waals surface area contributed by atoms with Gasteiger partial charge in [0.15, 0.2) is 0 Å². The fourth-order valence-electron chi connectivity index (χ4n) is 2.67. The van der Waals surface area contributed by atoms with E-state index in [2.05, 4.69) is 51.6 Å².